The van der Waals surface area contributed by atoms with Crippen LogP contribution >= 0.6 is 0 Å². The first-order valence-electron chi connectivity index (χ1n) is 5.87. The van der Waals surface area contributed by atoms with E-state index in [1.165, 1.54) is 19.2 Å². The van der Waals surface area contributed by atoms with E-state index in [-0.39, 0.29) is 5.75 Å². The van der Waals surface area contributed by atoms with E-state index >= 15 is 0 Å². The molecule has 0 saturated heterocycles. The lowest BCUT2D eigenvalue weighted by molar-refractivity contribution is -0.138. The predicted octanol–water partition coefficient (Wildman–Crippen LogP) is 2.74. The zero-order valence-corrected chi connectivity index (χ0v) is 10.5. The van der Waals surface area contributed by atoms with Crippen molar-refractivity contribution in [3.05, 3.63) is 28.8 Å². The van der Waals surface area contributed by atoms with Gasteiger partial charge in [0, 0.05) is 13.1 Å². The quantitative estimate of drug-likeness (QED) is 0.769. The minimum absolute atomic E-state index is 0.0780. The fourth-order valence-electron chi connectivity index (χ4n) is 2.26. The van der Waals surface area contributed by atoms with Crippen molar-refractivity contribution in [2.45, 2.75) is 19.0 Å². The van der Waals surface area contributed by atoms with Gasteiger partial charge in [-0.3, -0.25) is 0 Å². The highest BCUT2D eigenvalue weighted by Crippen LogP contribution is 2.38. The maximum Gasteiger partial charge on any atom is 0.419 e. The summed E-state index contributed by atoms with van der Waals surface area (Å²) in [5.74, 6) is -0.0780. The molecule has 5 heteroatoms. The van der Waals surface area contributed by atoms with E-state index in [4.69, 9.17) is 4.74 Å². The number of rotatable bonds is 1. The molecule has 100 valence electrons. The Labute approximate surface area is 104 Å². The number of nitrogens with zero attached hydrogens (tertiary/aromatic N) is 1. The summed E-state index contributed by atoms with van der Waals surface area (Å²) in [5, 5.41) is 0. The van der Waals surface area contributed by atoms with Crippen molar-refractivity contribution >= 4 is 0 Å². The molecule has 2 rings (SSSR count). The third-order valence-corrected chi connectivity index (χ3v) is 3.35. The Bertz CT molecular complexity index is 443. The van der Waals surface area contributed by atoms with Crippen molar-refractivity contribution in [1.29, 1.82) is 0 Å². The molecule has 1 heterocycles. The molecule has 0 fully saturated rings. The summed E-state index contributed by atoms with van der Waals surface area (Å²) in [6, 6.07) is 2.78. The summed E-state index contributed by atoms with van der Waals surface area (Å²) in [7, 11) is 3.26. The van der Waals surface area contributed by atoms with Crippen LogP contribution in [0.4, 0.5) is 13.2 Å². The average Bonchev–Trinajstić information content (AvgIpc) is 2.49. The average molecular weight is 259 g/mol. The van der Waals surface area contributed by atoms with E-state index in [9.17, 15) is 13.2 Å². The van der Waals surface area contributed by atoms with E-state index in [2.05, 4.69) is 4.90 Å². The number of likely N-dealkylation sites (N-methyl/N-ethyl adjacent to an activating group) is 1. The molecule has 0 unspecified atom stereocenters. The normalized spacial score (nSPS) is 17.2. The second-order valence-corrected chi connectivity index (χ2v) is 4.62. The van der Waals surface area contributed by atoms with Crippen molar-refractivity contribution in [2.24, 2.45) is 0 Å². The van der Waals surface area contributed by atoms with E-state index in [1.807, 2.05) is 7.05 Å². The summed E-state index contributed by atoms with van der Waals surface area (Å²) < 4.78 is 43.6. The zero-order chi connectivity index (χ0) is 13.3. The standard InChI is InChI=1S/C13H16F3NO/c1-17-5-3-9-7-11(13(14,15)16)12(18-2)8-10(9)4-6-17/h7-8H,3-6H2,1-2H3. The molecule has 0 aliphatic carbocycles. The van der Waals surface area contributed by atoms with Gasteiger partial charge in [-0.15, -0.1) is 0 Å². The van der Waals surface area contributed by atoms with Gasteiger partial charge < -0.3 is 9.64 Å². The Kier molecular flexibility index (Phi) is 3.52. The molecule has 0 aromatic heterocycles. The minimum atomic E-state index is -4.36. The first kappa shape index (κ1) is 13.2. The molecule has 0 atom stereocenters. The number of ether oxygens (including phenoxy) is 1. The lowest BCUT2D eigenvalue weighted by atomic mass is 9.99. The highest BCUT2D eigenvalue weighted by molar-refractivity contribution is 5.45. The topological polar surface area (TPSA) is 12.5 Å². The van der Waals surface area contributed by atoms with Crippen molar-refractivity contribution in [1.82, 2.24) is 4.90 Å². The van der Waals surface area contributed by atoms with E-state index in [1.54, 1.807) is 0 Å². The van der Waals surface area contributed by atoms with Crippen molar-refractivity contribution in [3.8, 4) is 5.75 Å². The van der Waals surface area contributed by atoms with Crippen LogP contribution in [0, 0.1) is 0 Å². The van der Waals surface area contributed by atoms with Crippen LogP contribution in [0.1, 0.15) is 16.7 Å². The molecular formula is C13H16F3NO. The van der Waals surface area contributed by atoms with Crippen LogP contribution < -0.4 is 4.74 Å². The lowest BCUT2D eigenvalue weighted by Gasteiger charge is -2.15. The molecule has 0 bridgehead atoms. The Morgan fingerprint density at radius 1 is 1.11 bits per heavy atom. The third kappa shape index (κ3) is 2.61. The van der Waals surface area contributed by atoms with Crippen LogP contribution in [0.25, 0.3) is 0 Å². The Morgan fingerprint density at radius 3 is 2.17 bits per heavy atom. The molecule has 0 radical (unpaired) electrons. The number of fused-ring (bicyclic) bond motifs is 1. The van der Waals surface area contributed by atoms with Gasteiger partial charge in [0.25, 0.3) is 0 Å². The fraction of sp³-hybridized carbons (Fsp3) is 0.538. The van der Waals surface area contributed by atoms with Gasteiger partial charge in [-0.05, 0) is 43.1 Å². The first-order chi connectivity index (χ1) is 8.41. The van der Waals surface area contributed by atoms with Crippen molar-refractivity contribution in [2.75, 3.05) is 27.2 Å². The summed E-state index contributed by atoms with van der Waals surface area (Å²) in [4.78, 5) is 2.12. The number of alkyl halides is 3. The molecule has 1 aromatic rings. The molecular weight excluding hydrogens is 243 g/mol. The highest BCUT2D eigenvalue weighted by Gasteiger charge is 2.35. The van der Waals surface area contributed by atoms with Crippen molar-refractivity contribution < 1.29 is 17.9 Å². The molecule has 18 heavy (non-hydrogen) atoms. The summed E-state index contributed by atoms with van der Waals surface area (Å²) in [6.45, 7) is 1.65. The number of halogens is 3. The predicted molar refractivity (Wildman–Crippen MR) is 62.9 cm³/mol. The monoisotopic (exact) mass is 259 g/mol. The van der Waals surface area contributed by atoms with Gasteiger partial charge >= 0.3 is 6.18 Å². The summed E-state index contributed by atoms with van der Waals surface area (Å²) >= 11 is 0. The number of methoxy groups -OCH3 is 1. The smallest absolute Gasteiger partial charge is 0.419 e. The van der Waals surface area contributed by atoms with Crippen LogP contribution in [-0.4, -0.2) is 32.1 Å². The number of benzene rings is 1. The van der Waals surface area contributed by atoms with E-state index in [0.29, 0.717) is 6.42 Å². The summed E-state index contributed by atoms with van der Waals surface area (Å²) in [6.07, 6.45) is -2.95. The highest BCUT2D eigenvalue weighted by atomic mass is 19.4. The van der Waals surface area contributed by atoms with Gasteiger partial charge in [-0.25, -0.2) is 0 Å². The molecule has 1 aliphatic rings. The number of hydrogen-bond acceptors (Lipinski definition) is 2. The van der Waals surface area contributed by atoms with Gasteiger partial charge in [0.1, 0.15) is 5.75 Å². The second-order valence-electron chi connectivity index (χ2n) is 4.62. The molecule has 0 saturated carbocycles. The largest absolute Gasteiger partial charge is 0.496 e. The molecule has 1 aliphatic heterocycles. The third-order valence-electron chi connectivity index (χ3n) is 3.35. The van der Waals surface area contributed by atoms with E-state index < -0.39 is 11.7 Å². The summed E-state index contributed by atoms with van der Waals surface area (Å²) in [5.41, 5.74) is 1.07. The number of hydrogen-bond donors (Lipinski definition) is 0. The molecule has 0 N–H and O–H groups in total. The molecule has 2 nitrogen and oxygen atoms in total. The van der Waals surface area contributed by atoms with Crippen LogP contribution in [0.2, 0.25) is 0 Å². The van der Waals surface area contributed by atoms with Gasteiger partial charge in [-0.2, -0.15) is 13.2 Å². The van der Waals surface area contributed by atoms with E-state index in [0.717, 1.165) is 30.6 Å². The van der Waals surface area contributed by atoms with Gasteiger partial charge in [0.2, 0.25) is 0 Å². The Hall–Kier alpha value is -1.23. The maximum atomic E-state index is 12.9. The maximum absolute atomic E-state index is 12.9. The molecule has 0 amide bonds. The van der Waals surface area contributed by atoms with Crippen molar-refractivity contribution in [3.63, 3.8) is 0 Å². The van der Waals surface area contributed by atoms with Crippen LogP contribution in [0.15, 0.2) is 12.1 Å². The first-order valence-corrected chi connectivity index (χ1v) is 5.87. The molecule has 1 aromatic carbocycles. The lowest BCUT2D eigenvalue weighted by Crippen LogP contribution is -2.20. The van der Waals surface area contributed by atoms with Gasteiger partial charge in [0.05, 0.1) is 12.7 Å². The van der Waals surface area contributed by atoms with Gasteiger partial charge in [0.15, 0.2) is 0 Å². The Morgan fingerprint density at radius 2 is 1.67 bits per heavy atom. The SMILES string of the molecule is COc1cc2c(cc1C(F)(F)F)CCN(C)CC2. The fourth-order valence-corrected chi connectivity index (χ4v) is 2.26. The van der Waals surface area contributed by atoms with Crippen LogP contribution in [0.5, 0.6) is 5.75 Å². The zero-order valence-electron chi connectivity index (χ0n) is 10.5. The van der Waals surface area contributed by atoms with Crippen LogP contribution in [-0.2, 0) is 19.0 Å². The molecule has 0 spiro atoms. The Balaban J connectivity index is 2.46. The van der Waals surface area contributed by atoms with Gasteiger partial charge in [-0.1, -0.05) is 0 Å². The minimum Gasteiger partial charge on any atom is -0.496 e. The second kappa shape index (κ2) is 4.80. The van der Waals surface area contributed by atoms with Crippen LogP contribution in [0.3, 0.4) is 0 Å².